The Labute approximate surface area is 164 Å². The smallest absolute Gasteiger partial charge is 0.300 e. The van der Waals surface area contributed by atoms with Crippen LogP contribution in [0.1, 0.15) is 34.0 Å². The van der Waals surface area contributed by atoms with E-state index in [0.29, 0.717) is 27.7 Å². The number of hydrogen-bond donors (Lipinski definition) is 1. The molecule has 1 N–H and O–H groups in total. The summed E-state index contributed by atoms with van der Waals surface area (Å²) in [5.41, 5.74) is 2.25. The maximum Gasteiger partial charge on any atom is 0.300 e. The Morgan fingerprint density at radius 3 is 2.30 bits per heavy atom. The zero-order valence-electron chi connectivity index (χ0n) is 15.8. The molecule has 0 aliphatic carbocycles. The van der Waals surface area contributed by atoms with Gasteiger partial charge in [-0.2, -0.15) is 0 Å². The molecule has 0 aliphatic heterocycles. The minimum atomic E-state index is -3.79. The molecule has 1 atom stereocenters. The molecule has 1 unspecified atom stereocenters. The topological polar surface area (TPSA) is 72.5 Å². The molecule has 2 aromatic rings. The molecule has 0 bridgehead atoms. The van der Waals surface area contributed by atoms with Gasteiger partial charge in [-0.15, -0.1) is 11.6 Å². The van der Waals surface area contributed by atoms with Crippen molar-refractivity contribution in [3.8, 4) is 0 Å². The molecule has 2 aromatic carbocycles. The number of nitrogens with one attached hydrogen (secondary N) is 1. The summed E-state index contributed by atoms with van der Waals surface area (Å²) in [5, 5.41) is 3.07. The van der Waals surface area contributed by atoms with E-state index in [-0.39, 0.29) is 18.4 Å². The third-order valence-corrected chi connectivity index (χ3v) is 6.85. The van der Waals surface area contributed by atoms with Crippen molar-refractivity contribution in [1.82, 2.24) is 0 Å². The molecule has 27 heavy (non-hydrogen) atoms. The standard InChI is InChI=1S/C20H23ClNO4P/c1-5-26-27(25,16-9-7-6-8-10-16)20(24)18-13(2)11-14(3)19(15(18)4)22-17(23)12-21/h6-11H,5,12H2,1-4H3,(H,22,23). The third kappa shape index (κ3) is 4.32. The number of benzene rings is 2. The highest BCUT2D eigenvalue weighted by Crippen LogP contribution is 2.50. The first-order valence-corrected chi connectivity index (χ1v) is 10.7. The molecule has 144 valence electrons. The SMILES string of the molecule is CCOP(=O)(C(=O)c1c(C)cc(C)c(NC(=O)CCl)c1C)c1ccccc1. The number of alkyl halides is 1. The second-order valence-corrected chi connectivity index (χ2v) is 8.73. The van der Waals surface area contributed by atoms with Crippen molar-refractivity contribution >= 4 is 41.4 Å². The minimum absolute atomic E-state index is 0.137. The lowest BCUT2D eigenvalue weighted by Gasteiger charge is -2.21. The molecule has 0 heterocycles. The number of carbonyl (C=O) groups is 2. The maximum absolute atomic E-state index is 13.6. The van der Waals surface area contributed by atoms with Crippen LogP contribution in [0.3, 0.4) is 0 Å². The molecule has 5 nitrogen and oxygen atoms in total. The van der Waals surface area contributed by atoms with Crippen LogP contribution >= 0.6 is 19.0 Å². The summed E-state index contributed by atoms with van der Waals surface area (Å²) in [4.78, 5) is 25.2. The summed E-state index contributed by atoms with van der Waals surface area (Å²) in [5.74, 6) is -0.571. The molecule has 0 radical (unpaired) electrons. The Hall–Kier alpha value is -1.94. The minimum Gasteiger partial charge on any atom is -0.325 e. The van der Waals surface area contributed by atoms with Gasteiger partial charge in [0.15, 0.2) is 0 Å². The molecular formula is C20H23ClNO4P. The van der Waals surface area contributed by atoms with Gasteiger partial charge in [-0.25, -0.2) is 0 Å². The predicted octanol–water partition coefficient (Wildman–Crippen LogP) is 4.57. The lowest BCUT2D eigenvalue weighted by Crippen LogP contribution is -2.20. The van der Waals surface area contributed by atoms with E-state index in [9.17, 15) is 14.2 Å². The molecule has 0 spiro atoms. The van der Waals surface area contributed by atoms with Crippen molar-refractivity contribution in [2.45, 2.75) is 27.7 Å². The Morgan fingerprint density at radius 1 is 1.11 bits per heavy atom. The summed E-state index contributed by atoms with van der Waals surface area (Å²) in [6, 6.07) is 10.3. The first-order chi connectivity index (χ1) is 12.8. The molecule has 0 aromatic heterocycles. The van der Waals surface area contributed by atoms with Crippen LogP contribution in [0, 0.1) is 20.8 Å². The second-order valence-electron chi connectivity index (χ2n) is 6.18. The van der Waals surface area contributed by atoms with Gasteiger partial charge in [0.2, 0.25) is 5.91 Å². The highest BCUT2D eigenvalue weighted by atomic mass is 35.5. The quantitative estimate of drug-likeness (QED) is 0.539. The van der Waals surface area contributed by atoms with Crippen LogP contribution < -0.4 is 10.6 Å². The lowest BCUT2D eigenvalue weighted by atomic mass is 9.98. The average Bonchev–Trinajstić information content (AvgIpc) is 2.65. The molecule has 0 saturated carbocycles. The number of rotatable bonds is 7. The molecule has 2 rings (SSSR count). The number of hydrogen-bond acceptors (Lipinski definition) is 4. The number of aryl methyl sites for hydroxylation is 2. The lowest BCUT2D eigenvalue weighted by molar-refractivity contribution is -0.113. The van der Waals surface area contributed by atoms with E-state index in [2.05, 4.69) is 5.32 Å². The van der Waals surface area contributed by atoms with Crippen LogP contribution in [0.5, 0.6) is 0 Å². The molecule has 7 heteroatoms. The van der Waals surface area contributed by atoms with E-state index in [0.717, 1.165) is 5.56 Å². The molecular weight excluding hydrogens is 385 g/mol. The highest BCUT2D eigenvalue weighted by Gasteiger charge is 2.38. The number of anilines is 1. The first-order valence-electron chi connectivity index (χ1n) is 8.58. The molecule has 0 fully saturated rings. The normalized spacial score (nSPS) is 13.1. The maximum atomic E-state index is 13.6. The van der Waals surface area contributed by atoms with Gasteiger partial charge in [0, 0.05) is 16.6 Å². The Bertz CT molecular complexity index is 912. The Morgan fingerprint density at radius 2 is 1.74 bits per heavy atom. The zero-order valence-corrected chi connectivity index (χ0v) is 17.5. The monoisotopic (exact) mass is 407 g/mol. The van der Waals surface area contributed by atoms with Crippen molar-refractivity contribution in [3.63, 3.8) is 0 Å². The zero-order chi connectivity index (χ0) is 20.2. The summed E-state index contributed by atoms with van der Waals surface area (Å²) in [6.07, 6.45) is 0. The van der Waals surface area contributed by atoms with E-state index < -0.39 is 12.9 Å². The largest absolute Gasteiger partial charge is 0.325 e. The summed E-state index contributed by atoms with van der Waals surface area (Å²) in [6.45, 7) is 7.17. The van der Waals surface area contributed by atoms with Gasteiger partial charge >= 0.3 is 7.37 Å². The van der Waals surface area contributed by atoms with E-state index in [4.69, 9.17) is 16.1 Å². The van der Waals surface area contributed by atoms with Gasteiger partial charge < -0.3 is 9.84 Å². The van der Waals surface area contributed by atoms with Crippen LogP contribution in [-0.2, 0) is 13.9 Å². The molecule has 0 saturated heterocycles. The predicted molar refractivity (Wildman–Crippen MR) is 110 cm³/mol. The van der Waals surface area contributed by atoms with Gasteiger partial charge in [0.25, 0.3) is 5.52 Å². The van der Waals surface area contributed by atoms with Crippen LogP contribution in [0.2, 0.25) is 0 Å². The van der Waals surface area contributed by atoms with Crippen molar-refractivity contribution in [3.05, 3.63) is 58.7 Å². The number of carbonyl (C=O) groups excluding carboxylic acids is 2. The average molecular weight is 408 g/mol. The van der Waals surface area contributed by atoms with Gasteiger partial charge in [-0.3, -0.25) is 14.2 Å². The fourth-order valence-corrected chi connectivity index (χ4v) is 5.22. The van der Waals surface area contributed by atoms with E-state index in [1.54, 1.807) is 57.2 Å². The van der Waals surface area contributed by atoms with Crippen LogP contribution in [0.25, 0.3) is 0 Å². The molecule has 0 aliphatic rings. The van der Waals surface area contributed by atoms with E-state index >= 15 is 0 Å². The first kappa shape index (κ1) is 21.4. The second kappa shape index (κ2) is 8.83. The van der Waals surface area contributed by atoms with E-state index in [1.165, 1.54) is 0 Å². The number of halogens is 1. The van der Waals surface area contributed by atoms with Crippen molar-refractivity contribution in [2.75, 3.05) is 17.8 Å². The summed E-state index contributed by atoms with van der Waals surface area (Å²) >= 11 is 5.59. The Kier molecular flexibility index (Phi) is 6.99. The summed E-state index contributed by atoms with van der Waals surface area (Å²) < 4.78 is 19.1. The molecule has 1 amide bonds. The third-order valence-electron chi connectivity index (χ3n) is 4.25. The fourth-order valence-electron chi connectivity index (χ4n) is 3.08. The van der Waals surface area contributed by atoms with Crippen molar-refractivity contribution < 1.29 is 18.7 Å². The van der Waals surface area contributed by atoms with Crippen molar-refractivity contribution in [1.29, 1.82) is 0 Å². The van der Waals surface area contributed by atoms with Gasteiger partial charge in [0.05, 0.1) is 6.61 Å². The summed E-state index contributed by atoms with van der Waals surface area (Å²) in [7, 11) is -3.79. The van der Waals surface area contributed by atoms with E-state index in [1.807, 2.05) is 6.92 Å². The Balaban J connectivity index is 2.65. The fraction of sp³-hybridized carbons (Fsp3) is 0.300. The highest BCUT2D eigenvalue weighted by molar-refractivity contribution is 7.83. The van der Waals surface area contributed by atoms with Gasteiger partial charge in [-0.05, 0) is 56.5 Å². The number of amides is 1. The van der Waals surface area contributed by atoms with Crippen LogP contribution in [-0.4, -0.2) is 23.9 Å². The van der Waals surface area contributed by atoms with Crippen molar-refractivity contribution in [2.24, 2.45) is 0 Å². The van der Waals surface area contributed by atoms with Crippen LogP contribution in [0.4, 0.5) is 5.69 Å². The van der Waals surface area contributed by atoms with Crippen LogP contribution in [0.15, 0.2) is 36.4 Å². The van der Waals surface area contributed by atoms with Gasteiger partial charge in [-0.1, -0.05) is 24.3 Å². The van der Waals surface area contributed by atoms with Gasteiger partial charge in [0.1, 0.15) is 5.88 Å².